The predicted octanol–water partition coefficient (Wildman–Crippen LogP) is 2.33. The second kappa shape index (κ2) is 5.77. The van der Waals surface area contributed by atoms with Gasteiger partial charge in [0.2, 0.25) is 0 Å². The zero-order chi connectivity index (χ0) is 8.65. The minimum absolute atomic E-state index is 0.936. The van der Waals surface area contributed by atoms with E-state index in [1.807, 2.05) is 40.3 Å². The van der Waals surface area contributed by atoms with Crippen molar-refractivity contribution in [2.75, 3.05) is 13.1 Å². The zero-order valence-corrected chi connectivity index (χ0v) is 8.31. The SMILES string of the molecule is BrN1C=NCC1.c1ccccc1. The molecule has 0 aromatic heterocycles. The highest BCUT2D eigenvalue weighted by Crippen LogP contribution is 1.97. The van der Waals surface area contributed by atoms with Crippen LogP contribution in [0.5, 0.6) is 0 Å². The van der Waals surface area contributed by atoms with E-state index in [9.17, 15) is 0 Å². The summed E-state index contributed by atoms with van der Waals surface area (Å²) < 4.78 is 1.88. The van der Waals surface area contributed by atoms with Crippen molar-refractivity contribution >= 4 is 22.5 Å². The van der Waals surface area contributed by atoms with Gasteiger partial charge in [-0.15, -0.1) is 0 Å². The molecule has 2 rings (SSSR count). The molecule has 64 valence electrons. The van der Waals surface area contributed by atoms with Crippen LogP contribution in [0.25, 0.3) is 0 Å². The highest BCUT2D eigenvalue weighted by molar-refractivity contribution is 9.07. The molecule has 0 spiro atoms. The molecule has 0 saturated heterocycles. The minimum Gasteiger partial charge on any atom is -0.298 e. The monoisotopic (exact) mass is 226 g/mol. The predicted molar refractivity (Wildman–Crippen MR) is 55.4 cm³/mol. The Kier molecular flexibility index (Phi) is 4.46. The van der Waals surface area contributed by atoms with Crippen molar-refractivity contribution in [1.82, 2.24) is 3.93 Å². The van der Waals surface area contributed by atoms with Crippen molar-refractivity contribution in [3.8, 4) is 0 Å². The van der Waals surface area contributed by atoms with Gasteiger partial charge in [0, 0.05) is 0 Å². The zero-order valence-electron chi connectivity index (χ0n) is 6.73. The van der Waals surface area contributed by atoms with Crippen LogP contribution in [0.4, 0.5) is 0 Å². The summed E-state index contributed by atoms with van der Waals surface area (Å²) in [7, 11) is 0. The maximum Gasteiger partial charge on any atom is 0.0950 e. The number of halogens is 1. The Morgan fingerprint density at radius 2 is 1.50 bits per heavy atom. The lowest BCUT2D eigenvalue weighted by Crippen LogP contribution is -2.02. The number of nitrogens with zero attached hydrogens (tertiary/aromatic N) is 2. The van der Waals surface area contributed by atoms with Crippen molar-refractivity contribution in [2.24, 2.45) is 4.99 Å². The van der Waals surface area contributed by atoms with E-state index in [0.29, 0.717) is 0 Å². The number of hydrogen-bond donors (Lipinski definition) is 0. The van der Waals surface area contributed by atoms with E-state index in [-0.39, 0.29) is 0 Å². The first-order chi connectivity index (χ1) is 5.89. The number of rotatable bonds is 0. The summed E-state index contributed by atoms with van der Waals surface area (Å²) in [4.78, 5) is 3.92. The molecular weight excluding hydrogens is 216 g/mol. The molecule has 0 N–H and O–H groups in total. The van der Waals surface area contributed by atoms with Gasteiger partial charge in [-0.25, -0.2) is 0 Å². The fourth-order valence-electron chi connectivity index (χ4n) is 0.742. The quantitative estimate of drug-likeness (QED) is 0.621. The summed E-state index contributed by atoms with van der Waals surface area (Å²) in [5, 5.41) is 0. The van der Waals surface area contributed by atoms with Crippen LogP contribution in [0.2, 0.25) is 0 Å². The lowest BCUT2D eigenvalue weighted by molar-refractivity contribution is 0.770. The third kappa shape index (κ3) is 4.13. The molecule has 2 nitrogen and oxygen atoms in total. The third-order valence-electron chi connectivity index (χ3n) is 1.32. The molecule has 0 unspecified atom stereocenters. The highest BCUT2D eigenvalue weighted by atomic mass is 79.9. The third-order valence-corrected chi connectivity index (χ3v) is 1.85. The molecular formula is C9H11BrN2. The molecule has 0 bridgehead atoms. The van der Waals surface area contributed by atoms with E-state index in [1.54, 1.807) is 6.34 Å². The molecule has 0 amide bonds. The molecule has 1 heterocycles. The van der Waals surface area contributed by atoms with Crippen LogP contribution >= 0.6 is 16.1 Å². The van der Waals surface area contributed by atoms with Crippen molar-refractivity contribution in [1.29, 1.82) is 0 Å². The maximum absolute atomic E-state index is 3.92. The Labute approximate surface area is 81.3 Å². The van der Waals surface area contributed by atoms with Gasteiger partial charge in [0.25, 0.3) is 0 Å². The van der Waals surface area contributed by atoms with E-state index in [2.05, 4.69) is 21.1 Å². The fourth-order valence-corrected chi connectivity index (χ4v) is 1.03. The van der Waals surface area contributed by atoms with Crippen LogP contribution < -0.4 is 0 Å². The number of hydrogen-bond acceptors (Lipinski definition) is 2. The van der Waals surface area contributed by atoms with Crippen LogP contribution in [0.3, 0.4) is 0 Å². The Bertz CT molecular complexity index is 197. The molecule has 0 atom stereocenters. The van der Waals surface area contributed by atoms with Crippen LogP contribution in [0.15, 0.2) is 41.4 Å². The standard InChI is InChI=1S/C6H6.C3H5BrN2/c1-2-4-6-5-3-1;4-6-2-1-5-3-6/h1-6H;3H,1-2H2. The lowest BCUT2D eigenvalue weighted by Gasteiger charge is -1.95. The second-order valence-corrected chi connectivity index (χ2v) is 3.21. The molecule has 0 radical (unpaired) electrons. The molecule has 3 heteroatoms. The molecule has 1 aromatic rings. The summed E-state index contributed by atoms with van der Waals surface area (Å²) in [5.41, 5.74) is 0. The van der Waals surface area contributed by atoms with Gasteiger partial charge >= 0.3 is 0 Å². The van der Waals surface area contributed by atoms with E-state index in [4.69, 9.17) is 0 Å². The summed E-state index contributed by atoms with van der Waals surface area (Å²) >= 11 is 3.22. The minimum atomic E-state index is 0.936. The van der Waals surface area contributed by atoms with Gasteiger partial charge in [0.05, 0.1) is 35.6 Å². The van der Waals surface area contributed by atoms with Crippen molar-refractivity contribution < 1.29 is 0 Å². The number of aliphatic imine (C=N–C) groups is 1. The second-order valence-electron chi connectivity index (χ2n) is 2.30. The van der Waals surface area contributed by atoms with Crippen LogP contribution in [-0.4, -0.2) is 23.4 Å². The normalized spacial score (nSPS) is 13.9. The molecule has 1 aliphatic rings. The van der Waals surface area contributed by atoms with Crippen molar-refractivity contribution in [2.45, 2.75) is 0 Å². The van der Waals surface area contributed by atoms with Gasteiger partial charge in [0.1, 0.15) is 0 Å². The molecule has 0 saturated carbocycles. The van der Waals surface area contributed by atoms with Gasteiger partial charge in [-0.3, -0.25) is 8.92 Å². The molecule has 0 fully saturated rings. The Balaban J connectivity index is 0.000000120. The fraction of sp³-hybridized carbons (Fsp3) is 0.222. The van der Waals surface area contributed by atoms with Crippen LogP contribution in [0, 0.1) is 0 Å². The summed E-state index contributed by atoms with van der Waals surface area (Å²) in [6.45, 7) is 1.95. The van der Waals surface area contributed by atoms with Crippen LogP contribution in [0.1, 0.15) is 0 Å². The average Bonchev–Trinajstić information content (AvgIpc) is 2.60. The molecule has 1 aliphatic heterocycles. The average molecular weight is 227 g/mol. The molecule has 0 aliphatic carbocycles. The first-order valence-electron chi connectivity index (χ1n) is 3.82. The van der Waals surface area contributed by atoms with Gasteiger partial charge < -0.3 is 0 Å². The largest absolute Gasteiger partial charge is 0.298 e. The first-order valence-corrected chi connectivity index (χ1v) is 4.53. The Hall–Kier alpha value is -0.830. The number of benzene rings is 1. The highest BCUT2D eigenvalue weighted by Gasteiger charge is 1.96. The smallest absolute Gasteiger partial charge is 0.0950 e. The molecule has 1 aromatic carbocycles. The summed E-state index contributed by atoms with van der Waals surface area (Å²) in [6, 6.07) is 12.0. The van der Waals surface area contributed by atoms with Gasteiger partial charge in [-0.1, -0.05) is 36.4 Å². The van der Waals surface area contributed by atoms with E-state index in [0.717, 1.165) is 13.1 Å². The topological polar surface area (TPSA) is 15.6 Å². The Morgan fingerprint density at radius 1 is 1.00 bits per heavy atom. The van der Waals surface area contributed by atoms with E-state index < -0.39 is 0 Å². The van der Waals surface area contributed by atoms with Crippen LogP contribution in [-0.2, 0) is 0 Å². The molecule has 12 heavy (non-hydrogen) atoms. The van der Waals surface area contributed by atoms with Crippen molar-refractivity contribution in [3.63, 3.8) is 0 Å². The summed E-state index contributed by atoms with van der Waals surface area (Å²) in [5.74, 6) is 0. The first kappa shape index (κ1) is 9.26. The van der Waals surface area contributed by atoms with Crippen molar-refractivity contribution in [3.05, 3.63) is 36.4 Å². The maximum atomic E-state index is 3.92. The lowest BCUT2D eigenvalue weighted by atomic mass is 10.4. The van der Waals surface area contributed by atoms with Gasteiger partial charge in [0.15, 0.2) is 0 Å². The van der Waals surface area contributed by atoms with Gasteiger partial charge in [-0.2, -0.15) is 0 Å². The van der Waals surface area contributed by atoms with E-state index in [1.165, 1.54) is 0 Å². The summed E-state index contributed by atoms with van der Waals surface area (Å²) in [6.07, 6.45) is 1.78. The Morgan fingerprint density at radius 3 is 1.67 bits per heavy atom. The van der Waals surface area contributed by atoms with Gasteiger partial charge in [-0.05, 0) is 0 Å². The van der Waals surface area contributed by atoms with E-state index >= 15 is 0 Å².